The average Bonchev–Trinajstić information content (AvgIpc) is 2.90. The molecule has 6 heteroatoms. The van der Waals surface area contributed by atoms with Gasteiger partial charge in [0.1, 0.15) is 0 Å². The van der Waals surface area contributed by atoms with E-state index < -0.39 is 6.04 Å². The highest BCUT2D eigenvalue weighted by Gasteiger charge is 2.18. The van der Waals surface area contributed by atoms with Crippen LogP contribution in [0.15, 0.2) is 16.7 Å². The van der Waals surface area contributed by atoms with E-state index in [-0.39, 0.29) is 17.7 Å². The second-order valence-electron chi connectivity index (χ2n) is 5.24. The molecule has 0 aliphatic rings. The highest BCUT2D eigenvalue weighted by atomic mass is 16.3. The van der Waals surface area contributed by atoms with Gasteiger partial charge in [-0.2, -0.15) is 0 Å². The molecule has 2 atom stereocenters. The molecular formula is C15H25N3O3. The highest BCUT2D eigenvalue weighted by Crippen LogP contribution is 2.08. The van der Waals surface area contributed by atoms with Gasteiger partial charge in [0.2, 0.25) is 5.91 Å². The number of rotatable bonds is 8. The largest absolute Gasteiger partial charge is 0.459 e. The maximum atomic E-state index is 11.7. The van der Waals surface area contributed by atoms with Crippen LogP contribution >= 0.6 is 0 Å². The minimum absolute atomic E-state index is 0.141. The van der Waals surface area contributed by atoms with E-state index in [4.69, 9.17) is 10.2 Å². The van der Waals surface area contributed by atoms with Gasteiger partial charge < -0.3 is 20.8 Å². The van der Waals surface area contributed by atoms with E-state index in [1.165, 1.54) is 6.26 Å². The van der Waals surface area contributed by atoms with Crippen molar-refractivity contribution in [1.29, 1.82) is 0 Å². The van der Waals surface area contributed by atoms with Gasteiger partial charge in [-0.05, 0) is 25.3 Å². The zero-order chi connectivity index (χ0) is 15.8. The summed E-state index contributed by atoms with van der Waals surface area (Å²) < 4.78 is 5.09. The van der Waals surface area contributed by atoms with Gasteiger partial charge >= 0.3 is 0 Å². The zero-order valence-electron chi connectivity index (χ0n) is 12.9. The Balaban J connectivity index is 2.19. The Bertz CT molecular complexity index is 470. The number of carbonyl (C=O) groups excluding carboxylic acids is 2. The van der Waals surface area contributed by atoms with Crippen molar-refractivity contribution in [3.05, 3.63) is 23.7 Å². The second kappa shape index (κ2) is 8.46. The van der Waals surface area contributed by atoms with Gasteiger partial charge in [-0.25, -0.2) is 0 Å². The Morgan fingerprint density at radius 3 is 2.57 bits per heavy atom. The van der Waals surface area contributed by atoms with Crippen molar-refractivity contribution in [2.45, 2.75) is 39.7 Å². The van der Waals surface area contributed by atoms with E-state index >= 15 is 0 Å². The van der Waals surface area contributed by atoms with Gasteiger partial charge in [0, 0.05) is 18.7 Å². The molecule has 0 saturated carbocycles. The Kier molecular flexibility index (Phi) is 6.94. The van der Waals surface area contributed by atoms with Crippen LogP contribution in [0.5, 0.6) is 0 Å². The van der Waals surface area contributed by atoms with E-state index in [0.29, 0.717) is 25.3 Å². The van der Waals surface area contributed by atoms with Crippen LogP contribution in [0.2, 0.25) is 0 Å². The monoisotopic (exact) mass is 295 g/mol. The normalized spacial score (nSPS) is 13.5. The molecule has 4 N–H and O–H groups in total. The van der Waals surface area contributed by atoms with E-state index in [9.17, 15) is 9.59 Å². The number of hydrogen-bond donors (Lipinski definition) is 3. The Hall–Kier alpha value is -1.82. The molecule has 0 bridgehead atoms. The van der Waals surface area contributed by atoms with Crippen LogP contribution in [0.4, 0.5) is 0 Å². The number of nitrogens with two attached hydrogens (primary N) is 1. The molecule has 0 radical (unpaired) electrons. The molecule has 21 heavy (non-hydrogen) atoms. The summed E-state index contributed by atoms with van der Waals surface area (Å²) in [6, 6.07) is 1.26. The zero-order valence-corrected chi connectivity index (χ0v) is 12.9. The van der Waals surface area contributed by atoms with Crippen LogP contribution in [-0.2, 0) is 4.79 Å². The Morgan fingerprint density at radius 1 is 1.33 bits per heavy atom. The highest BCUT2D eigenvalue weighted by molar-refractivity contribution is 5.92. The Labute approximate surface area is 125 Å². The third kappa shape index (κ3) is 5.23. The van der Waals surface area contributed by atoms with Gasteiger partial charge in [0.15, 0.2) is 5.76 Å². The molecule has 118 valence electrons. The molecule has 0 aliphatic heterocycles. The van der Waals surface area contributed by atoms with Gasteiger partial charge in [0.05, 0.1) is 12.3 Å². The molecular weight excluding hydrogens is 270 g/mol. The molecule has 2 unspecified atom stereocenters. The molecule has 1 rings (SSSR count). The first-order valence-corrected chi connectivity index (χ1v) is 7.33. The fourth-order valence-corrected chi connectivity index (χ4v) is 1.82. The Morgan fingerprint density at radius 2 is 2.00 bits per heavy atom. The van der Waals surface area contributed by atoms with Gasteiger partial charge in [-0.1, -0.05) is 20.3 Å². The summed E-state index contributed by atoms with van der Waals surface area (Å²) in [5.41, 5.74) is 6.63. The lowest BCUT2D eigenvalue weighted by molar-refractivity contribution is -0.123. The average molecular weight is 295 g/mol. The third-order valence-electron chi connectivity index (χ3n) is 3.57. The smallest absolute Gasteiger partial charge is 0.287 e. The predicted molar refractivity (Wildman–Crippen MR) is 80.8 cm³/mol. The summed E-state index contributed by atoms with van der Waals surface area (Å²) in [4.78, 5) is 23.5. The van der Waals surface area contributed by atoms with Crippen LogP contribution in [-0.4, -0.2) is 30.9 Å². The van der Waals surface area contributed by atoms with Gasteiger partial charge in [0.25, 0.3) is 5.91 Å². The fraction of sp³-hybridized carbons (Fsp3) is 0.600. The van der Waals surface area contributed by atoms with Crippen LogP contribution in [0, 0.1) is 12.8 Å². The fourth-order valence-electron chi connectivity index (χ4n) is 1.82. The van der Waals surface area contributed by atoms with Crippen molar-refractivity contribution >= 4 is 11.8 Å². The minimum Gasteiger partial charge on any atom is -0.459 e. The minimum atomic E-state index is -0.477. The van der Waals surface area contributed by atoms with Crippen molar-refractivity contribution in [2.75, 3.05) is 13.1 Å². The molecule has 2 amide bonds. The number of amides is 2. The van der Waals surface area contributed by atoms with Gasteiger partial charge in [-0.15, -0.1) is 0 Å². The van der Waals surface area contributed by atoms with Crippen molar-refractivity contribution in [1.82, 2.24) is 10.6 Å². The summed E-state index contributed by atoms with van der Waals surface area (Å²) >= 11 is 0. The topological polar surface area (TPSA) is 97.4 Å². The van der Waals surface area contributed by atoms with Crippen LogP contribution in [0.1, 0.15) is 42.8 Å². The lowest BCUT2D eigenvalue weighted by Gasteiger charge is -2.17. The molecule has 1 heterocycles. The number of hydrogen-bond acceptors (Lipinski definition) is 4. The molecule has 1 aromatic rings. The lowest BCUT2D eigenvalue weighted by Crippen LogP contribution is -2.45. The summed E-state index contributed by atoms with van der Waals surface area (Å²) in [7, 11) is 0. The first kappa shape index (κ1) is 17.2. The van der Waals surface area contributed by atoms with Crippen LogP contribution in [0.25, 0.3) is 0 Å². The summed E-state index contributed by atoms with van der Waals surface area (Å²) in [6.07, 6.45) is 3.00. The second-order valence-corrected chi connectivity index (χ2v) is 5.24. The third-order valence-corrected chi connectivity index (χ3v) is 3.57. The van der Waals surface area contributed by atoms with Crippen LogP contribution < -0.4 is 16.4 Å². The molecule has 0 aromatic carbocycles. The quantitative estimate of drug-likeness (QED) is 0.628. The first-order valence-electron chi connectivity index (χ1n) is 7.33. The molecule has 0 fully saturated rings. The lowest BCUT2D eigenvalue weighted by atomic mass is 9.99. The molecule has 1 aromatic heterocycles. The van der Waals surface area contributed by atoms with E-state index in [1.807, 2.05) is 20.8 Å². The van der Waals surface area contributed by atoms with Crippen molar-refractivity contribution in [3.63, 3.8) is 0 Å². The molecule has 0 saturated heterocycles. The van der Waals surface area contributed by atoms with Crippen molar-refractivity contribution in [2.24, 2.45) is 11.7 Å². The molecule has 0 aliphatic carbocycles. The molecule has 6 nitrogen and oxygen atoms in total. The predicted octanol–water partition coefficient (Wildman–Crippen LogP) is 1.20. The maximum Gasteiger partial charge on any atom is 0.287 e. The maximum absolute atomic E-state index is 11.7. The van der Waals surface area contributed by atoms with Crippen LogP contribution in [0.3, 0.4) is 0 Å². The molecule has 0 spiro atoms. The standard InChI is InChI=1S/C15H25N3O3/c1-4-10(2)12(16)14(19)17-7-5-8-18-15(20)13-11(3)6-9-21-13/h6,9-10,12H,4-5,7-8,16H2,1-3H3,(H,17,19)(H,18,20). The summed E-state index contributed by atoms with van der Waals surface area (Å²) in [5.74, 6) is 0.113. The van der Waals surface area contributed by atoms with E-state index in [1.54, 1.807) is 6.07 Å². The van der Waals surface area contributed by atoms with Gasteiger partial charge in [-0.3, -0.25) is 9.59 Å². The SMILES string of the molecule is CCC(C)C(N)C(=O)NCCCNC(=O)c1occc1C. The number of furan rings is 1. The number of nitrogens with one attached hydrogen (secondary N) is 2. The van der Waals surface area contributed by atoms with Crippen molar-refractivity contribution < 1.29 is 14.0 Å². The first-order chi connectivity index (χ1) is 9.97. The summed E-state index contributed by atoms with van der Waals surface area (Å²) in [6.45, 7) is 6.73. The number of carbonyl (C=O) groups is 2. The van der Waals surface area contributed by atoms with Crippen molar-refractivity contribution in [3.8, 4) is 0 Å². The van der Waals surface area contributed by atoms with E-state index in [0.717, 1.165) is 12.0 Å². The summed E-state index contributed by atoms with van der Waals surface area (Å²) in [5, 5.41) is 5.53. The van der Waals surface area contributed by atoms with E-state index in [2.05, 4.69) is 10.6 Å². The number of aryl methyl sites for hydroxylation is 1.